The van der Waals surface area contributed by atoms with Crippen molar-refractivity contribution in [3.63, 3.8) is 0 Å². The Kier molecular flexibility index (Phi) is 3.80. The summed E-state index contributed by atoms with van der Waals surface area (Å²) in [7, 11) is 0. The van der Waals surface area contributed by atoms with Crippen molar-refractivity contribution >= 4 is 0 Å². The first-order valence-corrected chi connectivity index (χ1v) is 5.08. The molecule has 0 bridgehead atoms. The van der Waals surface area contributed by atoms with E-state index in [2.05, 4.69) is 26.1 Å². The molecule has 0 aromatic rings. The SMILES string of the molecule is C/C(CC(C)C)=C1\CCCNC1. The van der Waals surface area contributed by atoms with Gasteiger partial charge in [-0.1, -0.05) is 25.0 Å². The predicted molar refractivity (Wildman–Crippen MR) is 54.3 cm³/mol. The molecule has 0 aliphatic carbocycles. The standard InChI is InChI=1S/C11H21N/c1-9(2)7-10(3)11-5-4-6-12-8-11/h9,12H,4-8H2,1-3H3/b11-10-. The minimum Gasteiger partial charge on any atom is -0.313 e. The molecule has 1 aliphatic rings. The predicted octanol–water partition coefficient (Wildman–Crippen LogP) is 2.73. The maximum atomic E-state index is 3.43. The van der Waals surface area contributed by atoms with Crippen LogP contribution in [-0.4, -0.2) is 13.1 Å². The largest absolute Gasteiger partial charge is 0.313 e. The summed E-state index contributed by atoms with van der Waals surface area (Å²) in [5.41, 5.74) is 3.28. The Balaban J connectivity index is 2.48. The zero-order chi connectivity index (χ0) is 8.97. The number of hydrogen-bond acceptors (Lipinski definition) is 1. The van der Waals surface area contributed by atoms with Crippen molar-refractivity contribution in [2.24, 2.45) is 5.92 Å². The molecule has 1 heteroatoms. The van der Waals surface area contributed by atoms with E-state index in [4.69, 9.17) is 0 Å². The lowest BCUT2D eigenvalue weighted by molar-refractivity contribution is 0.582. The summed E-state index contributed by atoms with van der Waals surface area (Å²) >= 11 is 0. The van der Waals surface area contributed by atoms with Gasteiger partial charge in [0.25, 0.3) is 0 Å². The Hall–Kier alpha value is -0.300. The summed E-state index contributed by atoms with van der Waals surface area (Å²) in [5, 5.41) is 3.43. The number of piperidine rings is 1. The Labute approximate surface area is 76.2 Å². The first-order valence-electron chi connectivity index (χ1n) is 5.08. The van der Waals surface area contributed by atoms with Gasteiger partial charge in [0.15, 0.2) is 0 Å². The van der Waals surface area contributed by atoms with Gasteiger partial charge in [0.2, 0.25) is 0 Å². The molecule has 1 N–H and O–H groups in total. The smallest absolute Gasteiger partial charge is 0.0167 e. The molecule has 1 aliphatic heterocycles. The topological polar surface area (TPSA) is 12.0 Å². The van der Waals surface area contributed by atoms with Crippen LogP contribution < -0.4 is 5.32 Å². The van der Waals surface area contributed by atoms with Gasteiger partial charge in [-0.2, -0.15) is 0 Å². The molecular formula is C11H21N. The molecule has 12 heavy (non-hydrogen) atoms. The molecular weight excluding hydrogens is 146 g/mol. The van der Waals surface area contributed by atoms with Crippen LogP contribution in [0.25, 0.3) is 0 Å². The van der Waals surface area contributed by atoms with Crippen molar-refractivity contribution in [3.05, 3.63) is 11.1 Å². The van der Waals surface area contributed by atoms with Gasteiger partial charge in [0, 0.05) is 6.54 Å². The van der Waals surface area contributed by atoms with Crippen LogP contribution in [0.15, 0.2) is 11.1 Å². The highest BCUT2D eigenvalue weighted by molar-refractivity contribution is 5.15. The van der Waals surface area contributed by atoms with E-state index in [1.54, 1.807) is 11.1 Å². The molecule has 1 rings (SSSR count). The van der Waals surface area contributed by atoms with Gasteiger partial charge in [-0.3, -0.25) is 0 Å². The second-order valence-electron chi connectivity index (χ2n) is 4.26. The molecule has 0 aromatic heterocycles. The Bertz CT molecular complexity index is 160. The maximum absolute atomic E-state index is 3.43. The molecule has 0 atom stereocenters. The molecule has 1 fully saturated rings. The molecule has 70 valence electrons. The molecule has 1 saturated heterocycles. The highest BCUT2D eigenvalue weighted by atomic mass is 14.9. The van der Waals surface area contributed by atoms with Crippen LogP contribution in [0.5, 0.6) is 0 Å². The van der Waals surface area contributed by atoms with Crippen molar-refractivity contribution in [2.45, 2.75) is 40.0 Å². The Morgan fingerprint density at radius 2 is 2.25 bits per heavy atom. The zero-order valence-electron chi connectivity index (χ0n) is 8.61. The van der Waals surface area contributed by atoms with Gasteiger partial charge < -0.3 is 5.32 Å². The van der Waals surface area contributed by atoms with Crippen LogP contribution in [0.2, 0.25) is 0 Å². The second-order valence-corrected chi connectivity index (χ2v) is 4.26. The van der Waals surface area contributed by atoms with Crippen LogP contribution in [-0.2, 0) is 0 Å². The molecule has 0 radical (unpaired) electrons. The summed E-state index contributed by atoms with van der Waals surface area (Å²) in [6, 6.07) is 0. The van der Waals surface area contributed by atoms with Crippen molar-refractivity contribution in [2.75, 3.05) is 13.1 Å². The lowest BCUT2D eigenvalue weighted by Gasteiger charge is -2.19. The minimum atomic E-state index is 0.805. The van der Waals surface area contributed by atoms with Crippen LogP contribution in [0.1, 0.15) is 40.0 Å². The lowest BCUT2D eigenvalue weighted by atomic mass is 9.95. The van der Waals surface area contributed by atoms with E-state index in [0.29, 0.717) is 0 Å². The molecule has 1 heterocycles. The fraction of sp³-hybridized carbons (Fsp3) is 0.818. The van der Waals surface area contributed by atoms with Gasteiger partial charge in [0.1, 0.15) is 0 Å². The molecule has 0 amide bonds. The Morgan fingerprint density at radius 3 is 2.75 bits per heavy atom. The zero-order valence-corrected chi connectivity index (χ0v) is 8.61. The third-order valence-corrected chi connectivity index (χ3v) is 2.49. The lowest BCUT2D eigenvalue weighted by Crippen LogP contribution is -2.24. The van der Waals surface area contributed by atoms with Crippen LogP contribution in [0, 0.1) is 5.92 Å². The third-order valence-electron chi connectivity index (χ3n) is 2.49. The number of allylic oxidation sites excluding steroid dienone is 1. The molecule has 0 saturated carbocycles. The monoisotopic (exact) mass is 167 g/mol. The van der Waals surface area contributed by atoms with E-state index in [0.717, 1.165) is 12.5 Å². The van der Waals surface area contributed by atoms with Crippen LogP contribution >= 0.6 is 0 Å². The van der Waals surface area contributed by atoms with Crippen LogP contribution in [0.4, 0.5) is 0 Å². The van der Waals surface area contributed by atoms with Gasteiger partial charge in [-0.25, -0.2) is 0 Å². The quantitative estimate of drug-likeness (QED) is 0.624. The highest BCUT2D eigenvalue weighted by Crippen LogP contribution is 2.19. The summed E-state index contributed by atoms with van der Waals surface area (Å²) in [5.74, 6) is 0.805. The van der Waals surface area contributed by atoms with E-state index in [1.165, 1.54) is 25.8 Å². The van der Waals surface area contributed by atoms with E-state index >= 15 is 0 Å². The summed E-state index contributed by atoms with van der Waals surface area (Å²) < 4.78 is 0. The van der Waals surface area contributed by atoms with Crippen molar-refractivity contribution in [1.82, 2.24) is 5.32 Å². The maximum Gasteiger partial charge on any atom is 0.0167 e. The minimum absolute atomic E-state index is 0.805. The fourth-order valence-corrected chi connectivity index (χ4v) is 1.88. The van der Waals surface area contributed by atoms with Crippen LogP contribution in [0.3, 0.4) is 0 Å². The van der Waals surface area contributed by atoms with Crippen molar-refractivity contribution in [3.8, 4) is 0 Å². The first-order chi connectivity index (χ1) is 5.70. The van der Waals surface area contributed by atoms with Gasteiger partial charge in [-0.05, 0) is 38.6 Å². The fourth-order valence-electron chi connectivity index (χ4n) is 1.88. The van der Waals surface area contributed by atoms with Crippen molar-refractivity contribution in [1.29, 1.82) is 0 Å². The molecule has 0 aromatic carbocycles. The summed E-state index contributed by atoms with van der Waals surface area (Å²) in [6.45, 7) is 9.22. The average Bonchev–Trinajstić information content (AvgIpc) is 2.05. The first kappa shape index (κ1) is 9.79. The van der Waals surface area contributed by atoms with Gasteiger partial charge >= 0.3 is 0 Å². The number of nitrogens with one attached hydrogen (secondary N) is 1. The van der Waals surface area contributed by atoms with E-state index in [-0.39, 0.29) is 0 Å². The summed E-state index contributed by atoms with van der Waals surface area (Å²) in [6.07, 6.45) is 3.92. The van der Waals surface area contributed by atoms with E-state index < -0.39 is 0 Å². The van der Waals surface area contributed by atoms with E-state index in [1.807, 2.05) is 0 Å². The highest BCUT2D eigenvalue weighted by Gasteiger charge is 2.08. The third kappa shape index (κ3) is 2.98. The summed E-state index contributed by atoms with van der Waals surface area (Å²) in [4.78, 5) is 0. The normalized spacial score (nSPS) is 23.0. The average molecular weight is 167 g/mol. The molecule has 1 nitrogen and oxygen atoms in total. The Morgan fingerprint density at radius 1 is 1.50 bits per heavy atom. The van der Waals surface area contributed by atoms with Gasteiger partial charge in [-0.15, -0.1) is 0 Å². The number of rotatable bonds is 2. The van der Waals surface area contributed by atoms with Crippen molar-refractivity contribution < 1.29 is 0 Å². The van der Waals surface area contributed by atoms with E-state index in [9.17, 15) is 0 Å². The second kappa shape index (κ2) is 4.66. The van der Waals surface area contributed by atoms with Gasteiger partial charge in [0.05, 0.1) is 0 Å². The molecule has 0 unspecified atom stereocenters. The molecule has 0 spiro atoms. The number of hydrogen-bond donors (Lipinski definition) is 1.